The Bertz CT molecular complexity index is 509. The normalized spacial score (nSPS) is 15.9. The lowest BCUT2D eigenvalue weighted by Gasteiger charge is -2.15. The molecule has 0 saturated heterocycles. The molecule has 1 amide bonds. The molecule has 4 nitrogen and oxygen atoms in total. The average molecular weight is 268 g/mol. The van der Waals surface area contributed by atoms with Gasteiger partial charge in [-0.3, -0.25) is 4.79 Å². The van der Waals surface area contributed by atoms with E-state index in [1.165, 1.54) is 7.11 Å². The molecule has 0 radical (unpaired) electrons. The Hall–Kier alpha value is -1.55. The van der Waals surface area contributed by atoms with Crippen LogP contribution in [-0.2, 0) is 9.53 Å². The van der Waals surface area contributed by atoms with Crippen molar-refractivity contribution >= 4 is 23.5 Å². The molecule has 1 aromatic carbocycles. The molecule has 0 aliphatic heterocycles. The minimum atomic E-state index is -0.822. The average Bonchev–Trinajstić information content (AvgIpc) is 3.08. The van der Waals surface area contributed by atoms with Gasteiger partial charge in [0.25, 0.3) is 5.91 Å². The van der Waals surface area contributed by atoms with Gasteiger partial charge in [-0.15, -0.1) is 0 Å². The number of carbonyl (C=O) groups excluding carboxylic acids is 2. The van der Waals surface area contributed by atoms with Crippen LogP contribution in [0.2, 0.25) is 5.02 Å². The van der Waals surface area contributed by atoms with Crippen LogP contribution in [0.1, 0.15) is 28.8 Å². The number of rotatable bonds is 3. The van der Waals surface area contributed by atoms with Crippen molar-refractivity contribution in [3.8, 4) is 0 Å². The van der Waals surface area contributed by atoms with E-state index in [1.807, 2.05) is 0 Å². The number of hydrogen-bond acceptors (Lipinski definition) is 3. The first-order valence-electron chi connectivity index (χ1n) is 5.65. The molecule has 1 aromatic rings. The van der Waals surface area contributed by atoms with Gasteiger partial charge in [0, 0.05) is 10.6 Å². The number of amides is 1. The first-order chi connectivity index (χ1) is 8.48. The third-order valence-corrected chi connectivity index (χ3v) is 3.35. The Morgan fingerprint density at radius 3 is 2.56 bits per heavy atom. The van der Waals surface area contributed by atoms with Crippen molar-refractivity contribution in [1.82, 2.24) is 5.32 Å². The van der Waals surface area contributed by atoms with Crippen molar-refractivity contribution in [3.63, 3.8) is 0 Å². The molecule has 1 aliphatic rings. The van der Waals surface area contributed by atoms with Crippen LogP contribution in [0.3, 0.4) is 0 Å². The van der Waals surface area contributed by atoms with E-state index in [1.54, 1.807) is 25.1 Å². The monoisotopic (exact) mass is 267 g/mol. The first kappa shape index (κ1) is 12.9. The van der Waals surface area contributed by atoms with Crippen molar-refractivity contribution < 1.29 is 14.3 Å². The number of ether oxygens (including phenoxy) is 1. The van der Waals surface area contributed by atoms with Crippen LogP contribution in [0.25, 0.3) is 0 Å². The number of aryl methyl sites for hydroxylation is 1. The number of nitrogens with one attached hydrogen (secondary N) is 1. The van der Waals surface area contributed by atoms with Crippen LogP contribution in [0.5, 0.6) is 0 Å². The number of esters is 1. The zero-order valence-electron chi connectivity index (χ0n) is 10.2. The molecule has 5 heteroatoms. The van der Waals surface area contributed by atoms with Gasteiger partial charge in [0.1, 0.15) is 5.54 Å². The second-order valence-corrected chi connectivity index (χ2v) is 4.92. The van der Waals surface area contributed by atoms with E-state index in [2.05, 4.69) is 10.1 Å². The second-order valence-electron chi connectivity index (χ2n) is 4.49. The highest BCUT2D eigenvalue weighted by Crippen LogP contribution is 2.36. The summed E-state index contributed by atoms with van der Waals surface area (Å²) in [6.07, 6.45) is 1.25. The van der Waals surface area contributed by atoms with Crippen LogP contribution in [0.15, 0.2) is 18.2 Å². The fourth-order valence-corrected chi connectivity index (χ4v) is 2.09. The van der Waals surface area contributed by atoms with Gasteiger partial charge in [0.15, 0.2) is 0 Å². The molecule has 96 valence electrons. The number of halogens is 1. The van der Waals surface area contributed by atoms with Crippen molar-refractivity contribution in [1.29, 1.82) is 0 Å². The van der Waals surface area contributed by atoms with Gasteiger partial charge >= 0.3 is 5.97 Å². The van der Waals surface area contributed by atoms with Crippen LogP contribution >= 0.6 is 11.6 Å². The third-order valence-electron chi connectivity index (χ3n) is 3.11. The van der Waals surface area contributed by atoms with Gasteiger partial charge in [-0.25, -0.2) is 4.79 Å². The van der Waals surface area contributed by atoms with Crippen LogP contribution in [-0.4, -0.2) is 24.5 Å². The van der Waals surface area contributed by atoms with E-state index in [-0.39, 0.29) is 11.9 Å². The smallest absolute Gasteiger partial charge is 0.331 e. The maximum Gasteiger partial charge on any atom is 0.331 e. The lowest BCUT2D eigenvalue weighted by atomic mass is 10.1. The fourth-order valence-electron chi connectivity index (χ4n) is 1.87. The minimum Gasteiger partial charge on any atom is -0.467 e. The van der Waals surface area contributed by atoms with Gasteiger partial charge in [-0.2, -0.15) is 0 Å². The maximum absolute atomic E-state index is 12.1. The molecule has 18 heavy (non-hydrogen) atoms. The van der Waals surface area contributed by atoms with E-state index < -0.39 is 5.54 Å². The van der Waals surface area contributed by atoms with Crippen molar-refractivity contribution in [2.45, 2.75) is 25.3 Å². The Balaban J connectivity index is 2.16. The quantitative estimate of drug-likeness (QED) is 0.853. The molecular weight excluding hydrogens is 254 g/mol. The van der Waals surface area contributed by atoms with Crippen LogP contribution < -0.4 is 5.32 Å². The Kier molecular flexibility index (Phi) is 3.30. The summed E-state index contributed by atoms with van der Waals surface area (Å²) in [4.78, 5) is 23.6. The molecule has 2 rings (SSSR count). The summed E-state index contributed by atoms with van der Waals surface area (Å²) in [5, 5.41) is 3.32. The molecular formula is C13H14ClNO3. The summed E-state index contributed by atoms with van der Waals surface area (Å²) >= 11 is 5.83. The zero-order chi connectivity index (χ0) is 13.3. The largest absolute Gasteiger partial charge is 0.467 e. The SMILES string of the molecule is COC(=O)C1(NC(=O)c2ccc(Cl)cc2C)CC1. The van der Waals surface area contributed by atoms with Crippen LogP contribution in [0.4, 0.5) is 0 Å². The molecule has 1 fully saturated rings. The first-order valence-corrected chi connectivity index (χ1v) is 6.03. The van der Waals surface area contributed by atoms with Gasteiger partial charge in [0.05, 0.1) is 7.11 Å². The standard InChI is InChI=1S/C13H14ClNO3/c1-8-7-9(14)3-4-10(8)11(16)15-13(5-6-13)12(17)18-2/h3-4,7H,5-6H2,1-2H3,(H,15,16). The van der Waals surface area contributed by atoms with Gasteiger partial charge < -0.3 is 10.1 Å². The van der Waals surface area contributed by atoms with E-state index in [0.29, 0.717) is 23.4 Å². The third kappa shape index (κ3) is 2.34. The molecule has 0 unspecified atom stereocenters. The summed E-state index contributed by atoms with van der Waals surface area (Å²) in [6.45, 7) is 1.80. The van der Waals surface area contributed by atoms with Crippen molar-refractivity contribution in [2.75, 3.05) is 7.11 Å². The highest BCUT2D eigenvalue weighted by molar-refractivity contribution is 6.30. The van der Waals surface area contributed by atoms with Crippen molar-refractivity contribution in [3.05, 3.63) is 34.3 Å². The summed E-state index contributed by atoms with van der Waals surface area (Å²) in [6, 6.07) is 5.02. The van der Waals surface area contributed by atoms with E-state index in [4.69, 9.17) is 11.6 Å². The lowest BCUT2D eigenvalue weighted by molar-refractivity contribution is -0.144. The highest BCUT2D eigenvalue weighted by Gasteiger charge is 2.52. The molecule has 1 aliphatic carbocycles. The summed E-state index contributed by atoms with van der Waals surface area (Å²) in [5.41, 5.74) is 0.480. The van der Waals surface area contributed by atoms with Gasteiger partial charge in [0.2, 0.25) is 0 Å². The van der Waals surface area contributed by atoms with E-state index >= 15 is 0 Å². The number of benzene rings is 1. The predicted octanol–water partition coefficient (Wildman–Crippen LogP) is 2.08. The zero-order valence-corrected chi connectivity index (χ0v) is 11.0. The molecule has 0 spiro atoms. The Morgan fingerprint density at radius 2 is 2.06 bits per heavy atom. The van der Waals surface area contributed by atoms with E-state index in [0.717, 1.165) is 5.56 Å². The molecule has 1 saturated carbocycles. The lowest BCUT2D eigenvalue weighted by Crippen LogP contribution is -2.44. The minimum absolute atomic E-state index is 0.271. The molecule has 1 N–H and O–H groups in total. The summed E-state index contributed by atoms with van der Waals surface area (Å²) in [7, 11) is 1.32. The molecule has 0 atom stereocenters. The van der Waals surface area contributed by atoms with E-state index in [9.17, 15) is 9.59 Å². The second kappa shape index (κ2) is 4.61. The predicted molar refractivity (Wildman–Crippen MR) is 67.6 cm³/mol. The number of carbonyl (C=O) groups is 2. The summed E-state index contributed by atoms with van der Waals surface area (Å²) < 4.78 is 4.69. The topological polar surface area (TPSA) is 55.4 Å². The highest BCUT2D eigenvalue weighted by atomic mass is 35.5. The fraction of sp³-hybridized carbons (Fsp3) is 0.385. The number of methoxy groups -OCH3 is 1. The Labute approximate surface area is 110 Å². The Morgan fingerprint density at radius 1 is 1.39 bits per heavy atom. The van der Waals surface area contributed by atoms with Crippen LogP contribution in [0, 0.1) is 6.92 Å². The molecule has 0 heterocycles. The summed E-state index contributed by atoms with van der Waals surface area (Å²) in [5.74, 6) is -0.658. The molecule has 0 aromatic heterocycles. The molecule has 0 bridgehead atoms. The van der Waals surface area contributed by atoms with Gasteiger partial charge in [-0.05, 0) is 43.5 Å². The van der Waals surface area contributed by atoms with Crippen molar-refractivity contribution in [2.24, 2.45) is 0 Å². The maximum atomic E-state index is 12.1. The number of hydrogen-bond donors (Lipinski definition) is 1. The van der Waals surface area contributed by atoms with Gasteiger partial charge in [-0.1, -0.05) is 11.6 Å².